The first-order chi connectivity index (χ1) is 12.4. The molecule has 0 unspecified atom stereocenters. The SMILES string of the molecule is COC(=O)/C(=C/CO)c1ccccc1COc1cccc(C(F)(F)F)n1. The summed E-state index contributed by atoms with van der Waals surface area (Å²) in [4.78, 5) is 15.3. The minimum Gasteiger partial charge on any atom is -0.473 e. The van der Waals surface area contributed by atoms with Crippen LogP contribution >= 0.6 is 0 Å². The summed E-state index contributed by atoms with van der Waals surface area (Å²) >= 11 is 0. The molecule has 1 aromatic carbocycles. The second-order valence-corrected chi connectivity index (χ2v) is 5.10. The van der Waals surface area contributed by atoms with Gasteiger partial charge in [-0.15, -0.1) is 0 Å². The first-order valence-electron chi connectivity index (χ1n) is 7.51. The highest BCUT2D eigenvalue weighted by atomic mass is 19.4. The van der Waals surface area contributed by atoms with Crippen molar-refractivity contribution in [3.8, 4) is 5.88 Å². The highest BCUT2D eigenvalue weighted by Crippen LogP contribution is 2.29. The number of hydrogen-bond donors (Lipinski definition) is 1. The molecule has 5 nitrogen and oxygen atoms in total. The molecule has 0 bridgehead atoms. The summed E-state index contributed by atoms with van der Waals surface area (Å²) in [5.41, 5.74) is 0.0436. The van der Waals surface area contributed by atoms with Gasteiger partial charge in [-0.25, -0.2) is 9.78 Å². The molecule has 0 aliphatic carbocycles. The molecule has 0 spiro atoms. The molecule has 2 aromatic rings. The van der Waals surface area contributed by atoms with Crippen LogP contribution in [0.15, 0.2) is 48.5 Å². The molecular formula is C18H16F3NO4. The van der Waals surface area contributed by atoms with Crippen LogP contribution in [0.25, 0.3) is 5.57 Å². The van der Waals surface area contributed by atoms with Crippen LogP contribution in [0.1, 0.15) is 16.8 Å². The van der Waals surface area contributed by atoms with Gasteiger partial charge in [-0.2, -0.15) is 13.2 Å². The van der Waals surface area contributed by atoms with Gasteiger partial charge in [-0.3, -0.25) is 0 Å². The van der Waals surface area contributed by atoms with Crippen LogP contribution in [0.5, 0.6) is 5.88 Å². The van der Waals surface area contributed by atoms with Crippen molar-refractivity contribution < 1.29 is 32.5 Å². The Hall–Kier alpha value is -2.87. The van der Waals surface area contributed by atoms with Gasteiger partial charge in [0.05, 0.1) is 19.3 Å². The molecule has 0 radical (unpaired) electrons. The van der Waals surface area contributed by atoms with Crippen molar-refractivity contribution >= 4 is 11.5 Å². The highest BCUT2D eigenvalue weighted by molar-refractivity contribution is 6.16. The van der Waals surface area contributed by atoms with Crippen LogP contribution in [-0.4, -0.2) is 29.8 Å². The number of esters is 1. The summed E-state index contributed by atoms with van der Waals surface area (Å²) in [5.74, 6) is -0.843. The quantitative estimate of drug-likeness (QED) is 0.627. The fraction of sp³-hybridized carbons (Fsp3) is 0.222. The van der Waals surface area contributed by atoms with Gasteiger partial charge in [0.25, 0.3) is 0 Å². The molecule has 0 saturated carbocycles. The average Bonchev–Trinajstić information content (AvgIpc) is 2.64. The van der Waals surface area contributed by atoms with E-state index in [2.05, 4.69) is 4.98 Å². The van der Waals surface area contributed by atoms with Crippen LogP contribution in [0, 0.1) is 0 Å². The van der Waals surface area contributed by atoms with Gasteiger partial charge >= 0.3 is 12.1 Å². The van der Waals surface area contributed by atoms with Crippen LogP contribution in [-0.2, 0) is 22.3 Å². The molecule has 8 heteroatoms. The maximum atomic E-state index is 12.7. The summed E-state index contributed by atoms with van der Waals surface area (Å²) in [6, 6.07) is 9.99. The molecule has 0 saturated heterocycles. The number of carbonyl (C=O) groups excluding carboxylic acids is 1. The van der Waals surface area contributed by atoms with E-state index in [0.29, 0.717) is 11.1 Å². The van der Waals surface area contributed by atoms with Crippen molar-refractivity contribution in [2.24, 2.45) is 0 Å². The fourth-order valence-electron chi connectivity index (χ4n) is 2.22. The number of ether oxygens (including phenoxy) is 2. The molecule has 2 rings (SSSR count). The predicted molar refractivity (Wildman–Crippen MR) is 87.1 cm³/mol. The Morgan fingerprint density at radius 2 is 1.92 bits per heavy atom. The fourth-order valence-corrected chi connectivity index (χ4v) is 2.22. The van der Waals surface area contributed by atoms with Gasteiger partial charge in [0.2, 0.25) is 5.88 Å². The highest BCUT2D eigenvalue weighted by Gasteiger charge is 2.32. The topological polar surface area (TPSA) is 68.7 Å². The molecule has 1 N–H and O–H groups in total. The van der Waals surface area contributed by atoms with Crippen molar-refractivity contribution in [2.75, 3.05) is 13.7 Å². The van der Waals surface area contributed by atoms with E-state index in [1.165, 1.54) is 25.3 Å². The van der Waals surface area contributed by atoms with Gasteiger partial charge in [0, 0.05) is 6.07 Å². The standard InChI is InChI=1S/C18H16F3NO4/c1-25-17(24)14(9-10-23)13-6-3-2-5-12(13)11-26-16-8-4-7-15(22-16)18(19,20)21/h2-9,23H,10-11H2,1H3/b14-9+. The van der Waals surface area contributed by atoms with Crippen LogP contribution in [0.4, 0.5) is 13.2 Å². The maximum absolute atomic E-state index is 12.7. The number of pyridine rings is 1. The van der Waals surface area contributed by atoms with Crippen LogP contribution < -0.4 is 4.74 Å². The Morgan fingerprint density at radius 1 is 1.19 bits per heavy atom. The van der Waals surface area contributed by atoms with E-state index in [1.54, 1.807) is 24.3 Å². The number of rotatable bonds is 6. The van der Waals surface area contributed by atoms with Crippen molar-refractivity contribution in [1.82, 2.24) is 4.98 Å². The molecular weight excluding hydrogens is 351 g/mol. The van der Waals surface area contributed by atoms with E-state index in [0.717, 1.165) is 6.07 Å². The number of aromatic nitrogens is 1. The van der Waals surface area contributed by atoms with E-state index < -0.39 is 17.8 Å². The van der Waals surface area contributed by atoms with E-state index >= 15 is 0 Å². The molecule has 138 valence electrons. The Balaban J connectivity index is 2.26. The summed E-state index contributed by atoms with van der Waals surface area (Å²) in [5, 5.41) is 9.12. The third kappa shape index (κ3) is 4.82. The number of aliphatic hydroxyl groups is 1. The Kier molecular flexibility index (Phi) is 6.35. The largest absolute Gasteiger partial charge is 0.473 e. The van der Waals surface area contributed by atoms with E-state index in [-0.39, 0.29) is 24.7 Å². The van der Waals surface area contributed by atoms with E-state index in [4.69, 9.17) is 14.6 Å². The van der Waals surface area contributed by atoms with Gasteiger partial charge in [0.15, 0.2) is 0 Å². The maximum Gasteiger partial charge on any atom is 0.433 e. The monoisotopic (exact) mass is 367 g/mol. The third-order valence-corrected chi connectivity index (χ3v) is 3.40. The van der Waals surface area contributed by atoms with Crippen LogP contribution in [0.3, 0.4) is 0 Å². The number of halogens is 3. The normalized spacial score (nSPS) is 12.0. The lowest BCUT2D eigenvalue weighted by molar-refractivity contribution is -0.141. The minimum absolute atomic E-state index is 0.121. The second kappa shape index (κ2) is 8.48. The molecule has 0 fully saturated rings. The van der Waals surface area contributed by atoms with E-state index in [1.807, 2.05) is 0 Å². The number of methoxy groups -OCH3 is 1. The van der Waals surface area contributed by atoms with Gasteiger partial charge in [-0.05, 0) is 23.3 Å². The van der Waals surface area contributed by atoms with E-state index in [9.17, 15) is 18.0 Å². The van der Waals surface area contributed by atoms with Crippen molar-refractivity contribution in [3.63, 3.8) is 0 Å². The van der Waals surface area contributed by atoms with Gasteiger partial charge in [-0.1, -0.05) is 30.3 Å². The molecule has 0 aliphatic heterocycles. The number of nitrogens with zero attached hydrogens (tertiary/aromatic N) is 1. The Labute approximate surface area is 147 Å². The number of hydrogen-bond acceptors (Lipinski definition) is 5. The lowest BCUT2D eigenvalue weighted by Gasteiger charge is -2.13. The molecule has 26 heavy (non-hydrogen) atoms. The average molecular weight is 367 g/mol. The second-order valence-electron chi connectivity index (χ2n) is 5.10. The first-order valence-corrected chi connectivity index (χ1v) is 7.51. The Morgan fingerprint density at radius 3 is 2.58 bits per heavy atom. The predicted octanol–water partition coefficient (Wildman–Crippen LogP) is 3.23. The van der Waals surface area contributed by atoms with Gasteiger partial charge in [0.1, 0.15) is 12.3 Å². The first kappa shape index (κ1) is 19.5. The third-order valence-electron chi connectivity index (χ3n) is 3.40. The molecule has 0 aliphatic rings. The zero-order chi connectivity index (χ0) is 19.2. The zero-order valence-electron chi connectivity index (χ0n) is 13.8. The number of carbonyl (C=O) groups is 1. The van der Waals surface area contributed by atoms with Crippen molar-refractivity contribution in [1.29, 1.82) is 0 Å². The molecule has 0 atom stereocenters. The summed E-state index contributed by atoms with van der Waals surface area (Å²) in [7, 11) is 1.21. The lowest BCUT2D eigenvalue weighted by atomic mass is 10.00. The summed E-state index contributed by atoms with van der Waals surface area (Å²) in [6.07, 6.45) is -3.29. The number of alkyl halides is 3. The molecule has 1 heterocycles. The summed E-state index contributed by atoms with van der Waals surface area (Å²) < 4.78 is 48.2. The minimum atomic E-state index is -4.57. The van der Waals surface area contributed by atoms with Crippen molar-refractivity contribution in [3.05, 3.63) is 65.4 Å². The number of aliphatic hydroxyl groups excluding tert-OH is 1. The number of benzene rings is 1. The molecule has 1 aromatic heterocycles. The zero-order valence-corrected chi connectivity index (χ0v) is 13.8. The van der Waals surface area contributed by atoms with Crippen LogP contribution in [0.2, 0.25) is 0 Å². The smallest absolute Gasteiger partial charge is 0.433 e. The Bertz CT molecular complexity index is 803. The van der Waals surface area contributed by atoms with Crippen molar-refractivity contribution in [2.45, 2.75) is 12.8 Å². The molecule has 0 amide bonds. The lowest BCUT2D eigenvalue weighted by Crippen LogP contribution is -2.10. The summed E-state index contributed by atoms with van der Waals surface area (Å²) in [6.45, 7) is -0.501. The van der Waals surface area contributed by atoms with Gasteiger partial charge < -0.3 is 14.6 Å².